The Labute approximate surface area is 119 Å². The van der Waals surface area contributed by atoms with E-state index in [2.05, 4.69) is 5.32 Å². The second-order valence-electron chi connectivity index (χ2n) is 4.31. The van der Waals surface area contributed by atoms with Crippen LogP contribution in [0.4, 0.5) is 9.59 Å². The van der Waals surface area contributed by atoms with Crippen molar-refractivity contribution in [2.24, 2.45) is 11.5 Å². The van der Waals surface area contributed by atoms with E-state index in [4.69, 9.17) is 20.9 Å². The quantitative estimate of drug-likeness (QED) is 0.648. The van der Waals surface area contributed by atoms with Crippen molar-refractivity contribution in [3.63, 3.8) is 0 Å². The molecule has 21 heavy (non-hydrogen) atoms. The molecule has 0 spiro atoms. The van der Waals surface area contributed by atoms with Gasteiger partial charge in [-0.2, -0.15) is 0 Å². The van der Waals surface area contributed by atoms with E-state index in [1.807, 2.05) is 0 Å². The molecule has 0 bridgehead atoms. The summed E-state index contributed by atoms with van der Waals surface area (Å²) in [6.45, 7) is 0. The second kappa shape index (κ2) is 5.29. The average molecular weight is 294 g/mol. The molecule has 0 aliphatic carbocycles. The Kier molecular flexibility index (Phi) is 3.68. The van der Waals surface area contributed by atoms with Crippen LogP contribution in [0.25, 0.3) is 0 Å². The zero-order valence-electron chi connectivity index (χ0n) is 11.1. The number of hydrogen-bond acceptors (Lipinski definition) is 6. The summed E-state index contributed by atoms with van der Waals surface area (Å²) in [6.07, 6.45) is -2.48. The molecule has 3 amide bonds. The maximum absolute atomic E-state index is 12.3. The molecule has 1 saturated heterocycles. The van der Waals surface area contributed by atoms with Crippen molar-refractivity contribution in [2.45, 2.75) is 12.1 Å². The lowest BCUT2D eigenvalue weighted by Crippen LogP contribution is -2.58. The second-order valence-corrected chi connectivity index (χ2v) is 4.31. The molecular formula is C12H14N4O5. The summed E-state index contributed by atoms with van der Waals surface area (Å²) < 4.78 is 9.51. The van der Waals surface area contributed by atoms with Crippen molar-refractivity contribution in [2.75, 3.05) is 7.05 Å². The summed E-state index contributed by atoms with van der Waals surface area (Å²) in [5.41, 5.74) is 10.5. The number of nitrogens with zero attached hydrogens (tertiary/aromatic N) is 1. The molecule has 1 atom stereocenters. The van der Waals surface area contributed by atoms with Gasteiger partial charge in [0.15, 0.2) is 0 Å². The van der Waals surface area contributed by atoms with Crippen LogP contribution in [0.2, 0.25) is 0 Å². The average Bonchev–Trinajstić information content (AvgIpc) is 2.64. The molecule has 0 radical (unpaired) electrons. The monoisotopic (exact) mass is 294 g/mol. The minimum Gasteiger partial charge on any atom is -0.373 e. The van der Waals surface area contributed by atoms with Crippen molar-refractivity contribution in [1.82, 2.24) is 10.2 Å². The first-order valence-electron chi connectivity index (χ1n) is 5.93. The number of nitrogens with two attached hydrogens (primary N) is 2. The number of ether oxygens (including phenoxy) is 2. The summed E-state index contributed by atoms with van der Waals surface area (Å²) in [7, 11) is 1.28. The van der Waals surface area contributed by atoms with E-state index in [1.54, 1.807) is 30.3 Å². The lowest BCUT2D eigenvalue weighted by Gasteiger charge is -2.31. The Balaban J connectivity index is 2.37. The van der Waals surface area contributed by atoms with E-state index in [0.29, 0.717) is 5.56 Å². The van der Waals surface area contributed by atoms with E-state index < -0.39 is 30.2 Å². The largest absolute Gasteiger partial charge is 0.417 e. The molecule has 1 aliphatic heterocycles. The van der Waals surface area contributed by atoms with Gasteiger partial charge in [0, 0.05) is 7.05 Å². The summed E-state index contributed by atoms with van der Waals surface area (Å²) in [6, 6.07) is 5.56. The van der Waals surface area contributed by atoms with Crippen LogP contribution >= 0.6 is 0 Å². The molecule has 1 heterocycles. The van der Waals surface area contributed by atoms with Crippen LogP contribution in [0.5, 0.6) is 0 Å². The van der Waals surface area contributed by atoms with Crippen molar-refractivity contribution in [1.29, 1.82) is 0 Å². The third kappa shape index (κ3) is 2.72. The smallest absolute Gasteiger partial charge is 0.373 e. The summed E-state index contributed by atoms with van der Waals surface area (Å²) in [5.74, 6) is -0.483. The van der Waals surface area contributed by atoms with Gasteiger partial charge in [-0.05, 0) is 5.56 Å². The zero-order valence-corrected chi connectivity index (χ0v) is 11.1. The number of nitrogens with one attached hydrogen (secondary N) is 1. The molecule has 1 fully saturated rings. The SMILES string of the molecule is CN1C(=O)C(c2ccccc2)NC1(OC(N)=O)OC(N)=O. The predicted molar refractivity (Wildman–Crippen MR) is 69.2 cm³/mol. The van der Waals surface area contributed by atoms with Gasteiger partial charge in [-0.1, -0.05) is 30.3 Å². The highest BCUT2D eigenvalue weighted by atomic mass is 16.8. The van der Waals surface area contributed by atoms with Gasteiger partial charge in [-0.3, -0.25) is 9.69 Å². The molecule has 2 rings (SSSR count). The molecule has 1 unspecified atom stereocenters. The van der Waals surface area contributed by atoms with Crippen LogP contribution in [-0.4, -0.2) is 36.1 Å². The van der Waals surface area contributed by atoms with Crippen LogP contribution in [-0.2, 0) is 14.3 Å². The standard InChI is InChI=1S/C12H14N4O5/c1-16-9(17)8(7-5-3-2-4-6-7)15-12(16,20-10(13)18)21-11(14)19/h2-6,8,15H,1H3,(H2,13,18)(H2,14,19). The van der Waals surface area contributed by atoms with E-state index in [-0.39, 0.29) is 0 Å². The Morgan fingerprint density at radius 1 is 1.19 bits per heavy atom. The zero-order chi connectivity index (χ0) is 15.6. The Morgan fingerprint density at radius 3 is 2.19 bits per heavy atom. The third-order valence-corrected chi connectivity index (χ3v) is 2.96. The van der Waals surface area contributed by atoms with Crippen LogP contribution in [0.15, 0.2) is 30.3 Å². The number of hydrogen-bond donors (Lipinski definition) is 3. The highest BCUT2D eigenvalue weighted by Gasteiger charge is 2.55. The summed E-state index contributed by atoms with van der Waals surface area (Å²) in [4.78, 5) is 35.2. The fraction of sp³-hybridized carbons (Fsp3) is 0.250. The van der Waals surface area contributed by atoms with Crippen LogP contribution in [0.3, 0.4) is 0 Å². The summed E-state index contributed by atoms with van der Waals surface area (Å²) >= 11 is 0. The first-order chi connectivity index (χ1) is 9.85. The molecule has 9 nitrogen and oxygen atoms in total. The van der Waals surface area contributed by atoms with Crippen molar-refractivity contribution in [3.05, 3.63) is 35.9 Å². The van der Waals surface area contributed by atoms with Crippen molar-refractivity contribution in [3.8, 4) is 0 Å². The molecule has 112 valence electrons. The van der Waals surface area contributed by atoms with Gasteiger partial charge in [-0.15, -0.1) is 0 Å². The van der Waals surface area contributed by atoms with Gasteiger partial charge >= 0.3 is 18.2 Å². The lowest BCUT2D eigenvalue weighted by atomic mass is 10.1. The Bertz CT molecular complexity index is 560. The summed E-state index contributed by atoms with van der Waals surface area (Å²) in [5, 5.41) is 2.61. The number of primary amides is 2. The van der Waals surface area contributed by atoms with E-state index in [1.165, 1.54) is 7.05 Å². The van der Waals surface area contributed by atoms with Gasteiger partial charge < -0.3 is 20.9 Å². The molecule has 9 heteroatoms. The van der Waals surface area contributed by atoms with Crippen molar-refractivity contribution < 1.29 is 23.9 Å². The Morgan fingerprint density at radius 2 is 1.71 bits per heavy atom. The van der Waals surface area contributed by atoms with E-state index >= 15 is 0 Å². The number of carbonyl (C=O) groups is 3. The molecule has 0 aromatic heterocycles. The molecule has 1 aliphatic rings. The molecule has 1 aromatic rings. The first-order valence-corrected chi connectivity index (χ1v) is 5.93. The van der Waals surface area contributed by atoms with Gasteiger partial charge in [0.2, 0.25) is 0 Å². The molecule has 0 saturated carbocycles. The lowest BCUT2D eigenvalue weighted by molar-refractivity contribution is -0.243. The number of likely N-dealkylation sites (N-methyl/N-ethyl adjacent to an activating group) is 1. The van der Waals surface area contributed by atoms with Crippen LogP contribution in [0, 0.1) is 0 Å². The minimum absolute atomic E-state index is 0.483. The number of rotatable bonds is 3. The first kappa shape index (κ1) is 14.6. The number of benzene rings is 1. The molecule has 5 N–H and O–H groups in total. The Hall–Kier alpha value is -2.81. The third-order valence-electron chi connectivity index (χ3n) is 2.96. The highest BCUT2D eigenvalue weighted by molar-refractivity contribution is 5.86. The number of amides is 3. The predicted octanol–water partition coefficient (Wildman–Crippen LogP) is -0.409. The topological polar surface area (TPSA) is 137 Å². The molecule has 1 aromatic carbocycles. The van der Waals surface area contributed by atoms with Crippen LogP contribution in [0.1, 0.15) is 11.6 Å². The fourth-order valence-electron chi connectivity index (χ4n) is 2.04. The highest BCUT2D eigenvalue weighted by Crippen LogP contribution is 2.31. The van der Waals surface area contributed by atoms with Gasteiger partial charge in [0.05, 0.1) is 0 Å². The maximum atomic E-state index is 12.3. The fourth-order valence-corrected chi connectivity index (χ4v) is 2.04. The maximum Gasteiger partial charge on any atom is 0.417 e. The molecular weight excluding hydrogens is 280 g/mol. The van der Waals surface area contributed by atoms with Gasteiger partial charge in [0.25, 0.3) is 5.91 Å². The number of carbonyl (C=O) groups excluding carboxylic acids is 3. The normalized spacial score (nSPS) is 20.1. The van der Waals surface area contributed by atoms with Crippen LogP contribution < -0.4 is 16.8 Å². The van der Waals surface area contributed by atoms with Gasteiger partial charge in [-0.25, -0.2) is 14.9 Å². The van der Waals surface area contributed by atoms with Gasteiger partial charge in [0.1, 0.15) is 6.04 Å². The van der Waals surface area contributed by atoms with E-state index in [0.717, 1.165) is 4.90 Å². The van der Waals surface area contributed by atoms with Crippen molar-refractivity contribution >= 4 is 18.1 Å². The minimum atomic E-state index is -2.17. The van der Waals surface area contributed by atoms with E-state index in [9.17, 15) is 14.4 Å².